The Morgan fingerprint density at radius 2 is 1.92 bits per heavy atom. The van der Waals surface area contributed by atoms with Gasteiger partial charge in [-0.2, -0.15) is 0 Å². The van der Waals surface area contributed by atoms with E-state index in [1.165, 1.54) is 6.07 Å². The Hall–Kier alpha value is -2.48. The van der Waals surface area contributed by atoms with Crippen molar-refractivity contribution in [2.45, 2.75) is 12.7 Å². The molecule has 0 radical (unpaired) electrons. The second kappa shape index (κ2) is 8.75. The first kappa shape index (κ1) is 18.3. The van der Waals surface area contributed by atoms with Crippen LogP contribution in [0.1, 0.15) is 17.2 Å². The van der Waals surface area contributed by atoms with Gasteiger partial charge in [0.25, 0.3) is 0 Å². The molecule has 0 aliphatic carbocycles. The molecule has 1 heterocycles. The van der Waals surface area contributed by atoms with Crippen molar-refractivity contribution in [3.05, 3.63) is 69.8 Å². The molecule has 2 N–H and O–H groups in total. The molecule has 1 aliphatic rings. The molecular formula is C19H23N3O4. The fourth-order valence-corrected chi connectivity index (χ4v) is 2.99. The SMILES string of the molecule is O=[N+]([O-])c1cc(C(O)CN2CCNCC2)ccc1OCc1ccccc1. The molecule has 1 aliphatic heterocycles. The van der Waals surface area contributed by atoms with Crippen molar-refractivity contribution in [3.8, 4) is 5.75 Å². The Bertz CT molecular complexity index is 733. The molecule has 1 fully saturated rings. The molecule has 0 spiro atoms. The van der Waals surface area contributed by atoms with Gasteiger partial charge in [-0.25, -0.2) is 0 Å². The minimum atomic E-state index is -0.769. The third-order valence-corrected chi connectivity index (χ3v) is 4.44. The predicted octanol–water partition coefficient (Wildman–Crippen LogP) is 2.11. The molecule has 1 unspecified atom stereocenters. The third kappa shape index (κ3) is 4.78. The second-order valence-electron chi connectivity index (χ2n) is 6.32. The van der Waals surface area contributed by atoms with Crippen molar-refractivity contribution in [3.63, 3.8) is 0 Å². The summed E-state index contributed by atoms with van der Waals surface area (Å²) in [6.07, 6.45) is -0.769. The van der Waals surface area contributed by atoms with E-state index in [2.05, 4.69) is 10.2 Å². The first-order chi connectivity index (χ1) is 12.6. The maximum Gasteiger partial charge on any atom is 0.311 e. The van der Waals surface area contributed by atoms with Gasteiger partial charge in [0.15, 0.2) is 5.75 Å². The molecule has 0 amide bonds. The van der Waals surface area contributed by atoms with E-state index in [0.717, 1.165) is 31.7 Å². The molecule has 1 atom stereocenters. The average molecular weight is 357 g/mol. The van der Waals surface area contributed by atoms with Crippen molar-refractivity contribution < 1.29 is 14.8 Å². The van der Waals surface area contributed by atoms with Crippen molar-refractivity contribution in [2.75, 3.05) is 32.7 Å². The summed E-state index contributed by atoms with van der Waals surface area (Å²) in [5, 5.41) is 25.1. The number of ether oxygens (including phenoxy) is 1. The van der Waals surface area contributed by atoms with E-state index in [4.69, 9.17) is 4.74 Å². The number of piperazine rings is 1. The van der Waals surface area contributed by atoms with Crippen LogP contribution in [0.15, 0.2) is 48.5 Å². The van der Waals surface area contributed by atoms with Crippen LogP contribution in [0.2, 0.25) is 0 Å². The lowest BCUT2D eigenvalue weighted by molar-refractivity contribution is -0.386. The van der Waals surface area contributed by atoms with E-state index >= 15 is 0 Å². The maximum absolute atomic E-state index is 11.4. The Morgan fingerprint density at radius 3 is 2.62 bits per heavy atom. The number of nitrogens with zero attached hydrogens (tertiary/aromatic N) is 2. The van der Waals surface area contributed by atoms with Crippen molar-refractivity contribution >= 4 is 5.69 Å². The lowest BCUT2D eigenvalue weighted by atomic mass is 10.1. The topological polar surface area (TPSA) is 87.9 Å². The lowest BCUT2D eigenvalue weighted by Gasteiger charge is -2.29. The summed E-state index contributed by atoms with van der Waals surface area (Å²) in [4.78, 5) is 13.1. The van der Waals surface area contributed by atoms with Crippen molar-refractivity contribution in [2.24, 2.45) is 0 Å². The molecular weight excluding hydrogens is 334 g/mol. The Labute approximate surface area is 152 Å². The number of aliphatic hydroxyl groups is 1. The van der Waals surface area contributed by atoms with Gasteiger partial charge in [0, 0.05) is 38.8 Å². The first-order valence-electron chi connectivity index (χ1n) is 8.69. The molecule has 1 saturated heterocycles. The minimum absolute atomic E-state index is 0.127. The Morgan fingerprint density at radius 1 is 1.19 bits per heavy atom. The zero-order valence-corrected chi connectivity index (χ0v) is 14.5. The van der Waals surface area contributed by atoms with Gasteiger partial charge in [-0.15, -0.1) is 0 Å². The van der Waals surface area contributed by atoms with Gasteiger partial charge in [-0.05, 0) is 17.2 Å². The highest BCUT2D eigenvalue weighted by molar-refractivity contribution is 5.49. The normalized spacial score (nSPS) is 16.2. The van der Waals surface area contributed by atoms with Crippen LogP contribution in [0.4, 0.5) is 5.69 Å². The zero-order valence-electron chi connectivity index (χ0n) is 14.5. The molecule has 7 heteroatoms. The molecule has 2 aromatic rings. The van der Waals surface area contributed by atoms with Crippen molar-refractivity contribution in [1.82, 2.24) is 10.2 Å². The van der Waals surface area contributed by atoms with Crippen LogP contribution >= 0.6 is 0 Å². The fourth-order valence-electron chi connectivity index (χ4n) is 2.99. The van der Waals surface area contributed by atoms with E-state index in [1.807, 2.05) is 30.3 Å². The van der Waals surface area contributed by atoms with Crippen LogP contribution in [0.25, 0.3) is 0 Å². The minimum Gasteiger partial charge on any atom is -0.482 e. The monoisotopic (exact) mass is 357 g/mol. The highest BCUT2D eigenvalue weighted by atomic mass is 16.6. The molecule has 138 valence electrons. The van der Waals surface area contributed by atoms with E-state index in [9.17, 15) is 15.2 Å². The highest BCUT2D eigenvalue weighted by Crippen LogP contribution is 2.31. The summed E-state index contributed by atoms with van der Waals surface area (Å²) in [7, 11) is 0. The molecule has 0 saturated carbocycles. The van der Waals surface area contributed by atoms with Crippen LogP contribution in [0.5, 0.6) is 5.75 Å². The van der Waals surface area contributed by atoms with E-state index < -0.39 is 11.0 Å². The number of nitrogens with one attached hydrogen (secondary N) is 1. The Kier molecular flexibility index (Phi) is 6.17. The van der Waals surface area contributed by atoms with Gasteiger partial charge in [0.05, 0.1) is 11.0 Å². The number of aliphatic hydroxyl groups excluding tert-OH is 1. The second-order valence-corrected chi connectivity index (χ2v) is 6.32. The molecule has 0 bridgehead atoms. The molecule has 7 nitrogen and oxygen atoms in total. The van der Waals surface area contributed by atoms with E-state index in [1.54, 1.807) is 12.1 Å². The van der Waals surface area contributed by atoms with Gasteiger partial charge in [-0.3, -0.25) is 15.0 Å². The molecule has 2 aromatic carbocycles. The number of nitro benzene ring substituents is 1. The van der Waals surface area contributed by atoms with Crippen LogP contribution in [-0.2, 0) is 6.61 Å². The fraction of sp³-hybridized carbons (Fsp3) is 0.368. The first-order valence-corrected chi connectivity index (χ1v) is 8.69. The van der Waals surface area contributed by atoms with Gasteiger partial charge >= 0.3 is 5.69 Å². The number of hydrogen-bond donors (Lipinski definition) is 2. The number of benzene rings is 2. The summed E-state index contributed by atoms with van der Waals surface area (Å²) >= 11 is 0. The van der Waals surface area contributed by atoms with Gasteiger partial charge in [0.2, 0.25) is 0 Å². The summed E-state index contributed by atoms with van der Waals surface area (Å²) in [5.74, 6) is 0.206. The number of rotatable bonds is 7. The standard InChI is InChI=1S/C19H23N3O4/c23-18(13-21-10-8-20-9-11-21)16-6-7-19(17(12-16)22(24)25)26-14-15-4-2-1-3-5-15/h1-7,12,18,20,23H,8-11,13-14H2. The van der Waals surface area contributed by atoms with Crippen LogP contribution in [0, 0.1) is 10.1 Å². The summed E-state index contributed by atoms with van der Waals surface area (Å²) in [6.45, 7) is 4.21. The summed E-state index contributed by atoms with van der Waals surface area (Å²) in [6, 6.07) is 14.2. The quantitative estimate of drug-likeness (QED) is 0.583. The molecule has 0 aromatic heterocycles. The number of hydrogen-bond acceptors (Lipinski definition) is 6. The van der Waals surface area contributed by atoms with E-state index in [-0.39, 0.29) is 18.0 Å². The lowest BCUT2D eigenvalue weighted by Crippen LogP contribution is -2.44. The van der Waals surface area contributed by atoms with Crippen LogP contribution in [0.3, 0.4) is 0 Å². The van der Waals surface area contributed by atoms with Gasteiger partial charge in [-0.1, -0.05) is 36.4 Å². The molecule has 3 rings (SSSR count). The molecule has 26 heavy (non-hydrogen) atoms. The maximum atomic E-state index is 11.4. The van der Waals surface area contributed by atoms with Crippen molar-refractivity contribution in [1.29, 1.82) is 0 Å². The smallest absolute Gasteiger partial charge is 0.311 e. The third-order valence-electron chi connectivity index (χ3n) is 4.44. The van der Waals surface area contributed by atoms with Crippen LogP contribution < -0.4 is 10.1 Å². The zero-order chi connectivity index (χ0) is 18.4. The van der Waals surface area contributed by atoms with Gasteiger partial charge < -0.3 is 15.2 Å². The van der Waals surface area contributed by atoms with Crippen LogP contribution in [-0.4, -0.2) is 47.7 Å². The Balaban J connectivity index is 1.70. The largest absolute Gasteiger partial charge is 0.482 e. The van der Waals surface area contributed by atoms with E-state index in [0.29, 0.717) is 12.1 Å². The summed E-state index contributed by atoms with van der Waals surface area (Å²) < 4.78 is 5.63. The number of nitro groups is 1. The summed E-state index contributed by atoms with van der Waals surface area (Å²) in [5.41, 5.74) is 1.34. The van der Waals surface area contributed by atoms with Gasteiger partial charge in [0.1, 0.15) is 6.61 Å². The average Bonchev–Trinajstić information content (AvgIpc) is 2.67. The highest BCUT2D eigenvalue weighted by Gasteiger charge is 2.21. The predicted molar refractivity (Wildman–Crippen MR) is 98.1 cm³/mol. The number of β-amino-alcohol motifs (C(OH)–C–C–N with tert-alkyl or cyclic N) is 1.